The zero-order valence-electron chi connectivity index (χ0n) is 15.2. The molecule has 6 nitrogen and oxygen atoms in total. The van der Waals surface area contributed by atoms with Crippen LogP contribution >= 0.6 is 24.0 Å². The molecule has 1 heterocycles. The zero-order valence-corrected chi connectivity index (χ0v) is 17.5. The summed E-state index contributed by atoms with van der Waals surface area (Å²) in [5.74, 6) is -0.223. The first-order chi connectivity index (χ1) is 12.0. The van der Waals surface area contributed by atoms with Gasteiger partial charge in [-0.25, -0.2) is 4.39 Å². The fourth-order valence-electron chi connectivity index (χ4n) is 2.45. The molecule has 1 amide bonds. The lowest BCUT2D eigenvalue weighted by molar-refractivity contribution is 0.0950. The molecular formula is C18H25FIN5O. The second-order valence-corrected chi connectivity index (χ2v) is 5.68. The standard InChI is InChI=1S/C18H24FN5O.HI/c1-20-18(24(3)13-14-7-6-12-23(14)2)22-11-10-21-17(25)15-8-4-5-9-16(15)19;/h4-9,12H,10-11,13H2,1-3H3,(H,20,22)(H,21,25);1H. The number of rotatable bonds is 6. The normalized spacial score (nSPS) is 10.8. The van der Waals surface area contributed by atoms with Crippen molar-refractivity contribution in [2.24, 2.45) is 12.0 Å². The summed E-state index contributed by atoms with van der Waals surface area (Å²) < 4.78 is 15.6. The van der Waals surface area contributed by atoms with Gasteiger partial charge >= 0.3 is 0 Å². The van der Waals surface area contributed by atoms with Crippen LogP contribution in [-0.2, 0) is 13.6 Å². The van der Waals surface area contributed by atoms with E-state index in [0.29, 0.717) is 19.6 Å². The first-order valence-corrected chi connectivity index (χ1v) is 8.07. The Labute approximate surface area is 170 Å². The number of aromatic nitrogens is 1. The number of nitrogens with one attached hydrogen (secondary N) is 2. The number of amides is 1. The molecule has 0 bridgehead atoms. The van der Waals surface area contributed by atoms with Crippen LogP contribution in [0.2, 0.25) is 0 Å². The molecule has 0 radical (unpaired) electrons. The van der Waals surface area contributed by atoms with Crippen LogP contribution < -0.4 is 10.6 Å². The highest BCUT2D eigenvalue weighted by Crippen LogP contribution is 2.05. The predicted octanol–water partition coefficient (Wildman–Crippen LogP) is 2.22. The van der Waals surface area contributed by atoms with E-state index in [-0.39, 0.29) is 29.5 Å². The van der Waals surface area contributed by atoms with Crippen LogP contribution in [0.3, 0.4) is 0 Å². The third-order valence-corrected chi connectivity index (χ3v) is 3.84. The molecule has 0 atom stereocenters. The minimum Gasteiger partial charge on any atom is -0.354 e. The van der Waals surface area contributed by atoms with Crippen LogP contribution in [0.4, 0.5) is 4.39 Å². The molecule has 0 aliphatic carbocycles. The van der Waals surface area contributed by atoms with Gasteiger partial charge in [-0.2, -0.15) is 0 Å². The van der Waals surface area contributed by atoms with Gasteiger partial charge in [-0.05, 0) is 24.3 Å². The van der Waals surface area contributed by atoms with Gasteiger partial charge in [0.15, 0.2) is 5.96 Å². The van der Waals surface area contributed by atoms with Crippen LogP contribution in [0.15, 0.2) is 47.6 Å². The van der Waals surface area contributed by atoms with Gasteiger partial charge < -0.3 is 20.1 Å². The summed E-state index contributed by atoms with van der Waals surface area (Å²) in [5, 5.41) is 5.87. The van der Waals surface area contributed by atoms with Crippen molar-refractivity contribution in [1.29, 1.82) is 0 Å². The third-order valence-electron chi connectivity index (χ3n) is 3.84. The van der Waals surface area contributed by atoms with Gasteiger partial charge in [0.05, 0.1) is 12.1 Å². The number of aliphatic imine (C=N–C) groups is 1. The Morgan fingerprint density at radius 2 is 1.88 bits per heavy atom. The Morgan fingerprint density at radius 1 is 1.19 bits per heavy atom. The molecule has 0 aliphatic rings. The van der Waals surface area contributed by atoms with E-state index in [0.717, 1.165) is 5.96 Å². The SMILES string of the molecule is CN=C(NCCNC(=O)c1ccccc1F)N(C)Cc1cccn1C.I. The molecule has 0 spiro atoms. The minimum absolute atomic E-state index is 0. The van der Waals surface area contributed by atoms with Gasteiger partial charge in [0.1, 0.15) is 5.82 Å². The van der Waals surface area contributed by atoms with Crippen molar-refractivity contribution in [1.82, 2.24) is 20.1 Å². The number of guanidine groups is 1. The van der Waals surface area contributed by atoms with Gasteiger partial charge in [-0.3, -0.25) is 9.79 Å². The van der Waals surface area contributed by atoms with Crippen LogP contribution in [0.25, 0.3) is 0 Å². The first kappa shape index (κ1) is 21.9. The zero-order chi connectivity index (χ0) is 18.2. The van der Waals surface area contributed by atoms with E-state index in [9.17, 15) is 9.18 Å². The molecule has 0 saturated heterocycles. The molecule has 8 heteroatoms. The largest absolute Gasteiger partial charge is 0.354 e. The van der Waals surface area contributed by atoms with Crippen molar-refractivity contribution in [3.8, 4) is 0 Å². The molecule has 2 aromatic rings. The van der Waals surface area contributed by atoms with E-state index in [1.165, 1.54) is 17.8 Å². The van der Waals surface area contributed by atoms with E-state index in [1.54, 1.807) is 19.2 Å². The fourth-order valence-corrected chi connectivity index (χ4v) is 2.45. The van der Waals surface area contributed by atoms with Crippen molar-refractivity contribution in [2.45, 2.75) is 6.54 Å². The smallest absolute Gasteiger partial charge is 0.254 e. The Morgan fingerprint density at radius 3 is 2.50 bits per heavy atom. The summed E-state index contributed by atoms with van der Waals surface area (Å²) in [4.78, 5) is 18.2. The summed E-state index contributed by atoms with van der Waals surface area (Å²) in [6, 6.07) is 9.98. The summed E-state index contributed by atoms with van der Waals surface area (Å²) in [6.45, 7) is 1.57. The molecule has 0 aliphatic heterocycles. The number of carbonyl (C=O) groups excluding carboxylic acids is 1. The van der Waals surface area contributed by atoms with Crippen molar-refractivity contribution in [3.63, 3.8) is 0 Å². The Hall–Kier alpha value is -2.10. The molecule has 26 heavy (non-hydrogen) atoms. The minimum atomic E-state index is -0.522. The number of halogens is 2. The van der Waals surface area contributed by atoms with Gasteiger partial charge in [0.2, 0.25) is 0 Å². The van der Waals surface area contributed by atoms with E-state index in [4.69, 9.17) is 0 Å². The highest BCUT2D eigenvalue weighted by molar-refractivity contribution is 14.0. The summed E-state index contributed by atoms with van der Waals surface area (Å²) in [5.41, 5.74) is 1.21. The Bertz CT molecular complexity index is 747. The highest BCUT2D eigenvalue weighted by atomic mass is 127. The summed E-state index contributed by atoms with van der Waals surface area (Å²) in [7, 11) is 5.65. The molecule has 0 fully saturated rings. The highest BCUT2D eigenvalue weighted by Gasteiger charge is 2.11. The lowest BCUT2D eigenvalue weighted by Gasteiger charge is -2.22. The molecule has 142 valence electrons. The van der Waals surface area contributed by atoms with E-state index < -0.39 is 11.7 Å². The number of carbonyl (C=O) groups is 1. The first-order valence-electron chi connectivity index (χ1n) is 8.07. The van der Waals surface area contributed by atoms with E-state index in [1.807, 2.05) is 31.3 Å². The topological polar surface area (TPSA) is 61.7 Å². The van der Waals surface area contributed by atoms with E-state index in [2.05, 4.69) is 26.3 Å². The number of aryl methyl sites for hydroxylation is 1. The second-order valence-electron chi connectivity index (χ2n) is 5.68. The average Bonchev–Trinajstić information content (AvgIpc) is 3.00. The van der Waals surface area contributed by atoms with Crippen molar-refractivity contribution < 1.29 is 9.18 Å². The molecular weight excluding hydrogens is 448 g/mol. The van der Waals surface area contributed by atoms with Crippen LogP contribution in [0, 0.1) is 5.82 Å². The quantitative estimate of drug-likeness (QED) is 0.293. The van der Waals surface area contributed by atoms with Crippen molar-refractivity contribution in [2.75, 3.05) is 27.2 Å². The fraction of sp³-hybridized carbons (Fsp3) is 0.333. The predicted molar refractivity (Wildman–Crippen MR) is 112 cm³/mol. The second kappa shape index (κ2) is 10.8. The molecule has 2 N–H and O–H groups in total. The van der Waals surface area contributed by atoms with Gasteiger partial charge in [0, 0.05) is 46.1 Å². The number of hydrogen-bond donors (Lipinski definition) is 2. The third kappa shape index (κ3) is 6.01. The molecule has 2 rings (SSSR count). The number of benzene rings is 1. The maximum atomic E-state index is 13.5. The van der Waals surface area contributed by atoms with Gasteiger partial charge in [0.25, 0.3) is 5.91 Å². The number of hydrogen-bond acceptors (Lipinski definition) is 2. The lowest BCUT2D eigenvalue weighted by atomic mass is 10.2. The van der Waals surface area contributed by atoms with Crippen molar-refractivity contribution >= 4 is 35.8 Å². The molecule has 1 aromatic heterocycles. The van der Waals surface area contributed by atoms with Crippen LogP contribution in [-0.4, -0.2) is 48.5 Å². The maximum Gasteiger partial charge on any atom is 0.254 e. The Kier molecular flexibility index (Phi) is 9.11. The van der Waals surface area contributed by atoms with Gasteiger partial charge in [-0.15, -0.1) is 24.0 Å². The maximum absolute atomic E-state index is 13.5. The molecule has 1 aromatic carbocycles. The summed E-state index contributed by atoms with van der Waals surface area (Å²) in [6.07, 6.45) is 2.00. The Balaban J connectivity index is 0.00000338. The van der Waals surface area contributed by atoms with Crippen LogP contribution in [0.5, 0.6) is 0 Å². The van der Waals surface area contributed by atoms with Gasteiger partial charge in [-0.1, -0.05) is 12.1 Å². The molecule has 0 unspecified atom stereocenters. The van der Waals surface area contributed by atoms with Crippen molar-refractivity contribution in [3.05, 3.63) is 59.7 Å². The number of nitrogens with zero attached hydrogens (tertiary/aromatic N) is 3. The molecule has 0 saturated carbocycles. The van der Waals surface area contributed by atoms with E-state index >= 15 is 0 Å². The van der Waals surface area contributed by atoms with Crippen LogP contribution in [0.1, 0.15) is 16.1 Å². The lowest BCUT2D eigenvalue weighted by Crippen LogP contribution is -2.42. The monoisotopic (exact) mass is 473 g/mol. The summed E-state index contributed by atoms with van der Waals surface area (Å²) >= 11 is 0. The average molecular weight is 473 g/mol.